The second-order valence-corrected chi connectivity index (χ2v) is 9.02. The molecule has 1 saturated carbocycles. The van der Waals surface area contributed by atoms with E-state index in [-0.39, 0.29) is 24.4 Å². The lowest BCUT2D eigenvalue weighted by molar-refractivity contribution is -0.120. The Kier molecular flexibility index (Phi) is 7.60. The highest BCUT2D eigenvalue weighted by atomic mass is 16.5. The summed E-state index contributed by atoms with van der Waals surface area (Å²) in [5.74, 6) is 0.501. The maximum absolute atomic E-state index is 13.6. The SMILES string of the molecule is Cc1cccc(N(CC(=O)NC2CCCCC2)C(=O)c2ccc(N3CCOCC3)nc2)c1C. The molecule has 1 aliphatic heterocycles. The molecule has 1 saturated heterocycles. The second kappa shape index (κ2) is 10.8. The highest BCUT2D eigenvalue weighted by molar-refractivity contribution is 6.09. The van der Waals surface area contributed by atoms with Gasteiger partial charge < -0.3 is 15.0 Å². The van der Waals surface area contributed by atoms with Gasteiger partial charge in [0.2, 0.25) is 5.91 Å². The summed E-state index contributed by atoms with van der Waals surface area (Å²) in [5, 5.41) is 3.14. The van der Waals surface area contributed by atoms with Gasteiger partial charge in [0.1, 0.15) is 12.4 Å². The first-order chi connectivity index (χ1) is 16.0. The third-order valence-electron chi connectivity index (χ3n) is 6.71. The molecule has 2 aromatic rings. The van der Waals surface area contributed by atoms with Crippen molar-refractivity contribution in [3.8, 4) is 0 Å². The van der Waals surface area contributed by atoms with Gasteiger partial charge in [-0.1, -0.05) is 31.4 Å². The number of aryl methyl sites for hydroxylation is 1. The molecule has 1 aromatic carbocycles. The maximum Gasteiger partial charge on any atom is 0.260 e. The molecule has 1 aromatic heterocycles. The van der Waals surface area contributed by atoms with Crippen LogP contribution < -0.4 is 15.1 Å². The Balaban J connectivity index is 1.54. The van der Waals surface area contributed by atoms with Crippen molar-refractivity contribution in [2.24, 2.45) is 0 Å². The molecular weight excluding hydrogens is 416 g/mol. The number of pyridine rings is 1. The molecule has 7 nitrogen and oxygen atoms in total. The monoisotopic (exact) mass is 450 g/mol. The van der Waals surface area contributed by atoms with Crippen LogP contribution in [0.3, 0.4) is 0 Å². The summed E-state index contributed by atoms with van der Waals surface area (Å²) < 4.78 is 5.41. The van der Waals surface area contributed by atoms with Crippen LogP contribution in [-0.2, 0) is 9.53 Å². The van der Waals surface area contributed by atoms with Gasteiger partial charge >= 0.3 is 0 Å². The van der Waals surface area contributed by atoms with Gasteiger partial charge in [0.15, 0.2) is 0 Å². The molecule has 1 aliphatic carbocycles. The molecule has 0 radical (unpaired) electrons. The normalized spacial score (nSPS) is 17.0. The summed E-state index contributed by atoms with van der Waals surface area (Å²) in [4.78, 5) is 34.8. The molecule has 0 bridgehead atoms. The van der Waals surface area contributed by atoms with Crippen LogP contribution in [0.25, 0.3) is 0 Å². The van der Waals surface area contributed by atoms with Crippen LogP contribution in [0.5, 0.6) is 0 Å². The van der Waals surface area contributed by atoms with E-state index in [0.717, 1.165) is 61.4 Å². The van der Waals surface area contributed by atoms with Gasteiger partial charge in [0.25, 0.3) is 5.91 Å². The zero-order chi connectivity index (χ0) is 23.2. The average Bonchev–Trinajstić information content (AvgIpc) is 2.85. The summed E-state index contributed by atoms with van der Waals surface area (Å²) in [6, 6.07) is 9.73. The van der Waals surface area contributed by atoms with Crippen LogP contribution >= 0.6 is 0 Å². The van der Waals surface area contributed by atoms with E-state index in [2.05, 4.69) is 15.2 Å². The van der Waals surface area contributed by atoms with Crippen LogP contribution in [-0.4, -0.2) is 55.7 Å². The van der Waals surface area contributed by atoms with Gasteiger partial charge in [0, 0.05) is 31.0 Å². The number of hydrogen-bond acceptors (Lipinski definition) is 5. The predicted octanol–water partition coefficient (Wildman–Crippen LogP) is 3.63. The van der Waals surface area contributed by atoms with E-state index >= 15 is 0 Å². The minimum Gasteiger partial charge on any atom is -0.378 e. The van der Waals surface area contributed by atoms with Gasteiger partial charge in [-0.3, -0.25) is 14.5 Å². The lowest BCUT2D eigenvalue weighted by atomic mass is 9.95. The molecule has 2 fully saturated rings. The molecule has 0 unspecified atom stereocenters. The number of aromatic nitrogens is 1. The maximum atomic E-state index is 13.6. The van der Waals surface area contributed by atoms with Crippen LogP contribution in [0.1, 0.15) is 53.6 Å². The minimum absolute atomic E-state index is 0.00909. The topological polar surface area (TPSA) is 74.8 Å². The first-order valence-corrected chi connectivity index (χ1v) is 12.0. The fourth-order valence-corrected chi connectivity index (χ4v) is 4.61. The average molecular weight is 451 g/mol. The number of nitrogens with zero attached hydrogens (tertiary/aromatic N) is 3. The molecule has 7 heteroatoms. The number of amides is 2. The molecule has 33 heavy (non-hydrogen) atoms. The lowest BCUT2D eigenvalue weighted by Gasteiger charge is -2.29. The van der Waals surface area contributed by atoms with Crippen LogP contribution in [0.2, 0.25) is 0 Å². The largest absolute Gasteiger partial charge is 0.378 e. The Morgan fingerprint density at radius 1 is 1.09 bits per heavy atom. The van der Waals surface area contributed by atoms with E-state index < -0.39 is 0 Å². The molecule has 2 aliphatic rings. The third kappa shape index (κ3) is 5.71. The van der Waals surface area contributed by atoms with Crippen molar-refractivity contribution in [1.29, 1.82) is 0 Å². The quantitative estimate of drug-likeness (QED) is 0.728. The number of anilines is 2. The van der Waals surface area contributed by atoms with Gasteiger partial charge in [-0.2, -0.15) is 0 Å². The summed E-state index contributed by atoms with van der Waals surface area (Å²) in [6.07, 6.45) is 7.15. The Bertz CT molecular complexity index is 964. The van der Waals surface area contributed by atoms with Gasteiger partial charge in [0.05, 0.1) is 18.8 Å². The van der Waals surface area contributed by atoms with Gasteiger partial charge in [-0.15, -0.1) is 0 Å². The molecule has 1 N–H and O–H groups in total. The highest BCUT2D eigenvalue weighted by Gasteiger charge is 2.25. The molecule has 2 heterocycles. The van der Waals surface area contributed by atoms with Crippen molar-refractivity contribution < 1.29 is 14.3 Å². The van der Waals surface area contributed by atoms with Crippen LogP contribution in [0.15, 0.2) is 36.5 Å². The number of morpholine rings is 1. The van der Waals surface area contributed by atoms with Crippen molar-refractivity contribution >= 4 is 23.3 Å². The van der Waals surface area contributed by atoms with E-state index in [4.69, 9.17) is 4.74 Å². The number of hydrogen-bond donors (Lipinski definition) is 1. The van der Waals surface area contributed by atoms with Crippen LogP contribution in [0, 0.1) is 13.8 Å². The second-order valence-electron chi connectivity index (χ2n) is 9.02. The number of benzene rings is 1. The highest BCUT2D eigenvalue weighted by Crippen LogP contribution is 2.25. The third-order valence-corrected chi connectivity index (χ3v) is 6.71. The van der Waals surface area contributed by atoms with Crippen molar-refractivity contribution in [1.82, 2.24) is 10.3 Å². The van der Waals surface area contributed by atoms with Crippen molar-refractivity contribution in [3.63, 3.8) is 0 Å². The standard InChI is InChI=1S/C26H34N4O3/c1-19-7-6-10-23(20(19)2)30(18-25(31)28-22-8-4-3-5-9-22)26(32)21-11-12-24(27-17-21)29-13-15-33-16-14-29/h6-7,10-12,17,22H,3-5,8-9,13-16,18H2,1-2H3,(H,28,31). The van der Waals surface area contributed by atoms with Crippen molar-refractivity contribution in [3.05, 3.63) is 53.2 Å². The Hall–Kier alpha value is -2.93. The summed E-state index contributed by atoms with van der Waals surface area (Å²) in [5.41, 5.74) is 3.31. The van der Waals surface area contributed by atoms with E-state index in [1.807, 2.05) is 38.1 Å². The zero-order valence-corrected chi connectivity index (χ0v) is 19.7. The fourth-order valence-electron chi connectivity index (χ4n) is 4.61. The Labute approximate surface area is 196 Å². The number of ether oxygens (including phenoxy) is 1. The summed E-state index contributed by atoms with van der Waals surface area (Å²) in [6.45, 7) is 6.93. The molecular formula is C26H34N4O3. The van der Waals surface area contributed by atoms with Crippen molar-refractivity contribution in [2.75, 3.05) is 42.6 Å². The molecule has 4 rings (SSSR count). The van der Waals surface area contributed by atoms with Crippen molar-refractivity contribution in [2.45, 2.75) is 52.0 Å². The summed E-state index contributed by atoms with van der Waals surface area (Å²) in [7, 11) is 0. The van der Waals surface area contributed by atoms with E-state index in [0.29, 0.717) is 18.8 Å². The number of carbonyl (C=O) groups is 2. The van der Waals surface area contributed by atoms with E-state index in [1.165, 1.54) is 6.42 Å². The molecule has 2 amide bonds. The fraction of sp³-hybridized carbons (Fsp3) is 0.500. The number of carbonyl (C=O) groups excluding carboxylic acids is 2. The zero-order valence-electron chi connectivity index (χ0n) is 19.7. The number of rotatable bonds is 6. The first-order valence-electron chi connectivity index (χ1n) is 12.0. The van der Waals surface area contributed by atoms with Gasteiger partial charge in [-0.25, -0.2) is 4.98 Å². The van der Waals surface area contributed by atoms with E-state index in [9.17, 15) is 9.59 Å². The number of nitrogens with one attached hydrogen (secondary N) is 1. The van der Waals surface area contributed by atoms with E-state index in [1.54, 1.807) is 17.2 Å². The van der Waals surface area contributed by atoms with Crippen LogP contribution in [0.4, 0.5) is 11.5 Å². The predicted molar refractivity (Wildman–Crippen MR) is 130 cm³/mol. The van der Waals surface area contributed by atoms with Gasteiger partial charge in [-0.05, 0) is 56.0 Å². The summed E-state index contributed by atoms with van der Waals surface area (Å²) >= 11 is 0. The Morgan fingerprint density at radius 3 is 2.55 bits per heavy atom. The molecule has 0 spiro atoms. The lowest BCUT2D eigenvalue weighted by Crippen LogP contribution is -2.45. The smallest absolute Gasteiger partial charge is 0.260 e. The molecule has 0 atom stereocenters. The first kappa shape index (κ1) is 23.2. The molecule has 176 valence electrons. The minimum atomic E-state index is -0.219. The Morgan fingerprint density at radius 2 is 1.85 bits per heavy atom.